The first-order chi connectivity index (χ1) is 4.61. The Hall–Kier alpha value is -0.120. The Kier molecular flexibility index (Phi) is 2.28. The standard InChI is InChI=1S/C7H17N3/c1-6-8-7(2)10(4)5-9(6)3/h6-8H,5H2,1-4H3. The Labute approximate surface area is 63.0 Å². The van der Waals surface area contributed by atoms with E-state index in [-0.39, 0.29) is 0 Å². The molecule has 1 aliphatic rings. The van der Waals surface area contributed by atoms with E-state index in [1.807, 2.05) is 0 Å². The van der Waals surface area contributed by atoms with E-state index in [0.717, 1.165) is 6.67 Å². The molecule has 2 unspecified atom stereocenters. The van der Waals surface area contributed by atoms with Crippen LogP contribution in [0.1, 0.15) is 13.8 Å². The van der Waals surface area contributed by atoms with Crippen LogP contribution in [0.5, 0.6) is 0 Å². The molecule has 0 spiro atoms. The van der Waals surface area contributed by atoms with Crippen LogP contribution < -0.4 is 5.32 Å². The summed E-state index contributed by atoms with van der Waals surface area (Å²) in [5.74, 6) is 0. The topological polar surface area (TPSA) is 18.5 Å². The average Bonchev–Trinajstić information content (AvgIpc) is 1.84. The van der Waals surface area contributed by atoms with Crippen LogP contribution in [0.15, 0.2) is 0 Å². The van der Waals surface area contributed by atoms with Crippen molar-refractivity contribution < 1.29 is 0 Å². The van der Waals surface area contributed by atoms with E-state index in [1.165, 1.54) is 0 Å². The first kappa shape index (κ1) is 7.98. The van der Waals surface area contributed by atoms with Gasteiger partial charge in [-0.3, -0.25) is 15.1 Å². The molecule has 0 aliphatic carbocycles. The van der Waals surface area contributed by atoms with Crippen LogP contribution in [0.4, 0.5) is 0 Å². The summed E-state index contributed by atoms with van der Waals surface area (Å²) in [7, 11) is 4.25. The molecular weight excluding hydrogens is 126 g/mol. The van der Waals surface area contributed by atoms with Gasteiger partial charge in [-0.2, -0.15) is 0 Å². The molecule has 0 aromatic rings. The summed E-state index contributed by atoms with van der Waals surface area (Å²) < 4.78 is 0. The van der Waals surface area contributed by atoms with Crippen LogP contribution in [0.2, 0.25) is 0 Å². The van der Waals surface area contributed by atoms with Gasteiger partial charge in [0.2, 0.25) is 0 Å². The molecule has 1 heterocycles. The lowest BCUT2D eigenvalue weighted by molar-refractivity contribution is 0.0196. The Bertz CT molecular complexity index is 89.4. The molecule has 60 valence electrons. The van der Waals surface area contributed by atoms with Crippen molar-refractivity contribution in [2.24, 2.45) is 0 Å². The molecule has 3 heteroatoms. The molecule has 1 fully saturated rings. The van der Waals surface area contributed by atoms with Gasteiger partial charge in [0, 0.05) is 0 Å². The maximum Gasteiger partial charge on any atom is 0.0588 e. The monoisotopic (exact) mass is 143 g/mol. The van der Waals surface area contributed by atoms with Crippen molar-refractivity contribution in [1.82, 2.24) is 15.1 Å². The summed E-state index contributed by atoms with van der Waals surface area (Å²) in [6, 6.07) is 0. The summed E-state index contributed by atoms with van der Waals surface area (Å²) in [4.78, 5) is 4.56. The molecule has 10 heavy (non-hydrogen) atoms. The zero-order valence-electron chi connectivity index (χ0n) is 7.26. The largest absolute Gasteiger partial charge is 0.287 e. The predicted octanol–water partition coefficient (Wildman–Crippen LogP) is 0.103. The highest BCUT2D eigenvalue weighted by molar-refractivity contribution is 4.72. The van der Waals surface area contributed by atoms with Gasteiger partial charge in [-0.25, -0.2) is 0 Å². The Morgan fingerprint density at radius 1 is 1.10 bits per heavy atom. The third-order valence-electron chi connectivity index (χ3n) is 2.25. The molecule has 0 aromatic heterocycles. The van der Waals surface area contributed by atoms with Crippen LogP contribution >= 0.6 is 0 Å². The molecular formula is C7H17N3. The van der Waals surface area contributed by atoms with E-state index in [2.05, 4.69) is 43.1 Å². The van der Waals surface area contributed by atoms with Gasteiger partial charge in [-0.1, -0.05) is 0 Å². The van der Waals surface area contributed by atoms with Crippen LogP contribution in [0.3, 0.4) is 0 Å². The zero-order valence-corrected chi connectivity index (χ0v) is 7.26. The minimum absolute atomic E-state index is 0.506. The van der Waals surface area contributed by atoms with Crippen molar-refractivity contribution in [3.8, 4) is 0 Å². The minimum atomic E-state index is 0.506. The second-order valence-electron chi connectivity index (χ2n) is 3.17. The van der Waals surface area contributed by atoms with Crippen molar-refractivity contribution in [2.75, 3.05) is 20.8 Å². The van der Waals surface area contributed by atoms with Gasteiger partial charge in [-0.15, -0.1) is 0 Å². The van der Waals surface area contributed by atoms with Gasteiger partial charge in [0.05, 0.1) is 19.0 Å². The fourth-order valence-corrected chi connectivity index (χ4v) is 1.20. The number of nitrogens with zero attached hydrogens (tertiary/aromatic N) is 2. The number of hydrogen-bond donors (Lipinski definition) is 1. The summed E-state index contributed by atoms with van der Waals surface area (Å²) >= 11 is 0. The molecule has 1 aliphatic heterocycles. The van der Waals surface area contributed by atoms with E-state index in [0.29, 0.717) is 12.3 Å². The third-order valence-corrected chi connectivity index (χ3v) is 2.25. The molecule has 3 nitrogen and oxygen atoms in total. The van der Waals surface area contributed by atoms with Crippen molar-refractivity contribution >= 4 is 0 Å². The number of nitrogens with one attached hydrogen (secondary N) is 1. The first-order valence-electron chi connectivity index (χ1n) is 3.78. The summed E-state index contributed by atoms with van der Waals surface area (Å²) in [5.41, 5.74) is 0. The molecule has 0 saturated carbocycles. The SMILES string of the molecule is CC1NC(C)N(C)CN1C. The van der Waals surface area contributed by atoms with Crippen molar-refractivity contribution in [2.45, 2.75) is 26.2 Å². The molecule has 0 radical (unpaired) electrons. The fourth-order valence-electron chi connectivity index (χ4n) is 1.20. The predicted molar refractivity (Wildman–Crippen MR) is 42.5 cm³/mol. The second-order valence-corrected chi connectivity index (χ2v) is 3.17. The second kappa shape index (κ2) is 2.86. The normalized spacial score (nSPS) is 38.4. The summed E-state index contributed by atoms with van der Waals surface area (Å²) in [6.07, 6.45) is 1.01. The van der Waals surface area contributed by atoms with Crippen LogP contribution in [-0.4, -0.2) is 42.9 Å². The first-order valence-corrected chi connectivity index (χ1v) is 3.78. The summed E-state index contributed by atoms with van der Waals surface area (Å²) in [6.45, 7) is 5.42. The lowest BCUT2D eigenvalue weighted by Crippen LogP contribution is -2.60. The lowest BCUT2D eigenvalue weighted by Gasteiger charge is -2.41. The molecule has 0 aromatic carbocycles. The quantitative estimate of drug-likeness (QED) is 0.519. The average molecular weight is 143 g/mol. The number of hydrogen-bond acceptors (Lipinski definition) is 3. The molecule has 1 saturated heterocycles. The van der Waals surface area contributed by atoms with E-state index >= 15 is 0 Å². The van der Waals surface area contributed by atoms with Gasteiger partial charge in [0.1, 0.15) is 0 Å². The van der Waals surface area contributed by atoms with Gasteiger partial charge in [-0.05, 0) is 27.9 Å². The maximum absolute atomic E-state index is 3.43. The van der Waals surface area contributed by atoms with Crippen molar-refractivity contribution in [3.63, 3.8) is 0 Å². The van der Waals surface area contributed by atoms with Gasteiger partial charge in [0.15, 0.2) is 0 Å². The molecule has 1 rings (SSSR count). The zero-order chi connectivity index (χ0) is 7.72. The fraction of sp³-hybridized carbons (Fsp3) is 1.00. The van der Waals surface area contributed by atoms with Gasteiger partial charge < -0.3 is 0 Å². The van der Waals surface area contributed by atoms with E-state index < -0.39 is 0 Å². The summed E-state index contributed by atoms with van der Waals surface area (Å²) in [5, 5.41) is 3.43. The van der Waals surface area contributed by atoms with Crippen LogP contribution in [0.25, 0.3) is 0 Å². The maximum atomic E-state index is 3.43. The molecule has 0 bridgehead atoms. The van der Waals surface area contributed by atoms with Gasteiger partial charge in [0.25, 0.3) is 0 Å². The Morgan fingerprint density at radius 2 is 1.50 bits per heavy atom. The Morgan fingerprint density at radius 3 is 1.80 bits per heavy atom. The number of rotatable bonds is 0. The smallest absolute Gasteiger partial charge is 0.0588 e. The van der Waals surface area contributed by atoms with Crippen molar-refractivity contribution in [1.29, 1.82) is 0 Å². The lowest BCUT2D eigenvalue weighted by atomic mass is 10.3. The highest BCUT2D eigenvalue weighted by atomic mass is 15.5. The van der Waals surface area contributed by atoms with Crippen LogP contribution in [-0.2, 0) is 0 Å². The molecule has 1 N–H and O–H groups in total. The van der Waals surface area contributed by atoms with Crippen molar-refractivity contribution in [3.05, 3.63) is 0 Å². The Balaban J connectivity index is 2.46. The highest BCUT2D eigenvalue weighted by Crippen LogP contribution is 2.04. The van der Waals surface area contributed by atoms with Crippen LogP contribution in [0, 0.1) is 0 Å². The third kappa shape index (κ3) is 1.48. The van der Waals surface area contributed by atoms with Gasteiger partial charge >= 0.3 is 0 Å². The molecule has 2 atom stereocenters. The van der Waals surface area contributed by atoms with E-state index in [1.54, 1.807) is 0 Å². The van der Waals surface area contributed by atoms with E-state index in [9.17, 15) is 0 Å². The minimum Gasteiger partial charge on any atom is -0.287 e. The highest BCUT2D eigenvalue weighted by Gasteiger charge is 2.21. The molecule has 0 amide bonds. The van der Waals surface area contributed by atoms with E-state index in [4.69, 9.17) is 0 Å².